The normalized spacial score (nSPS) is 11.0. The molecule has 142 valence electrons. The number of nitro benzene ring substituents is 1. The van der Waals surface area contributed by atoms with E-state index >= 15 is 0 Å². The van der Waals surface area contributed by atoms with Crippen molar-refractivity contribution in [3.8, 4) is 28.9 Å². The predicted molar refractivity (Wildman–Crippen MR) is 104 cm³/mol. The van der Waals surface area contributed by atoms with Crippen molar-refractivity contribution < 1.29 is 18.2 Å². The minimum atomic E-state index is -0.586. The molecule has 0 spiro atoms. The maximum atomic E-state index is 11.1. The highest BCUT2D eigenvalue weighted by atomic mass is 35.5. The number of nitriles is 1. The molecule has 1 aromatic carbocycles. The van der Waals surface area contributed by atoms with Crippen molar-refractivity contribution in [2.75, 3.05) is 0 Å². The molecule has 0 radical (unpaired) electrons. The summed E-state index contributed by atoms with van der Waals surface area (Å²) < 4.78 is 16.6. The van der Waals surface area contributed by atoms with Gasteiger partial charge in [-0.1, -0.05) is 17.7 Å². The minimum absolute atomic E-state index is 0.0166. The van der Waals surface area contributed by atoms with E-state index in [0.29, 0.717) is 22.6 Å². The van der Waals surface area contributed by atoms with E-state index in [2.05, 4.69) is 11.1 Å². The van der Waals surface area contributed by atoms with Crippen LogP contribution in [0.2, 0.25) is 5.02 Å². The SMILES string of the molecule is N#Cc1c(N=Cc2ccc(Cl)c([N+](=O)[O-])c2)oc(-c2ccco2)c1-c1ccco1. The molecule has 0 unspecified atom stereocenters. The summed E-state index contributed by atoms with van der Waals surface area (Å²) in [6.45, 7) is 0. The molecule has 0 bridgehead atoms. The molecule has 0 N–H and O–H groups in total. The van der Waals surface area contributed by atoms with Gasteiger partial charge in [0.1, 0.15) is 22.4 Å². The number of benzene rings is 1. The molecule has 0 aliphatic carbocycles. The molecule has 0 saturated carbocycles. The number of halogens is 1. The van der Waals surface area contributed by atoms with Gasteiger partial charge < -0.3 is 13.3 Å². The van der Waals surface area contributed by atoms with Gasteiger partial charge in [0.05, 0.1) is 23.0 Å². The Bertz CT molecular complexity index is 1250. The quantitative estimate of drug-likeness (QED) is 0.228. The lowest BCUT2D eigenvalue weighted by atomic mass is 10.1. The van der Waals surface area contributed by atoms with Crippen LogP contribution < -0.4 is 0 Å². The van der Waals surface area contributed by atoms with Crippen molar-refractivity contribution in [2.45, 2.75) is 0 Å². The Balaban J connectivity index is 1.82. The summed E-state index contributed by atoms with van der Waals surface area (Å²) in [5.74, 6) is 1.12. The van der Waals surface area contributed by atoms with Crippen molar-refractivity contribution in [2.24, 2.45) is 4.99 Å². The molecule has 0 saturated heterocycles. The first-order valence-electron chi connectivity index (χ1n) is 8.21. The van der Waals surface area contributed by atoms with Crippen molar-refractivity contribution in [3.05, 3.63) is 81.3 Å². The summed E-state index contributed by atoms with van der Waals surface area (Å²) in [6.07, 6.45) is 4.30. The molecule has 8 nitrogen and oxygen atoms in total. The van der Waals surface area contributed by atoms with E-state index in [4.69, 9.17) is 24.9 Å². The predicted octanol–water partition coefficient (Wildman–Crippen LogP) is 5.98. The number of nitrogens with zero attached hydrogens (tertiary/aromatic N) is 3. The third kappa shape index (κ3) is 3.42. The smallest absolute Gasteiger partial charge is 0.288 e. The van der Waals surface area contributed by atoms with E-state index in [1.807, 2.05) is 0 Å². The third-order valence-corrected chi connectivity index (χ3v) is 4.33. The summed E-state index contributed by atoms with van der Waals surface area (Å²) in [4.78, 5) is 14.7. The number of nitro groups is 1. The molecule has 0 fully saturated rings. The van der Waals surface area contributed by atoms with Crippen molar-refractivity contribution in [1.82, 2.24) is 0 Å². The molecular formula is C20H10ClN3O5. The highest BCUT2D eigenvalue weighted by Crippen LogP contribution is 2.42. The van der Waals surface area contributed by atoms with Gasteiger partial charge in [0.2, 0.25) is 5.88 Å². The fourth-order valence-electron chi connectivity index (χ4n) is 2.73. The van der Waals surface area contributed by atoms with E-state index < -0.39 is 4.92 Å². The van der Waals surface area contributed by atoms with Crippen LogP contribution in [-0.2, 0) is 0 Å². The number of rotatable bonds is 5. The highest BCUT2D eigenvalue weighted by molar-refractivity contribution is 6.32. The van der Waals surface area contributed by atoms with Gasteiger partial charge in [0, 0.05) is 12.3 Å². The van der Waals surface area contributed by atoms with Crippen LogP contribution in [0.1, 0.15) is 11.1 Å². The second-order valence-corrected chi connectivity index (χ2v) is 6.19. The zero-order chi connectivity index (χ0) is 20.4. The number of hydrogen-bond donors (Lipinski definition) is 0. The molecule has 4 aromatic rings. The van der Waals surface area contributed by atoms with E-state index in [0.717, 1.165) is 0 Å². The van der Waals surface area contributed by atoms with E-state index in [-0.39, 0.29) is 27.9 Å². The van der Waals surface area contributed by atoms with Crippen LogP contribution in [0.3, 0.4) is 0 Å². The molecule has 9 heteroatoms. The summed E-state index contributed by atoms with van der Waals surface area (Å²) in [5, 5.41) is 20.8. The molecule has 0 aliphatic rings. The van der Waals surface area contributed by atoms with Crippen LogP contribution in [-0.4, -0.2) is 11.1 Å². The monoisotopic (exact) mass is 407 g/mol. The minimum Gasteiger partial charge on any atom is -0.464 e. The molecular weight excluding hydrogens is 398 g/mol. The second kappa shape index (κ2) is 7.50. The van der Waals surface area contributed by atoms with E-state index in [1.165, 1.54) is 30.9 Å². The van der Waals surface area contributed by atoms with E-state index in [1.54, 1.807) is 30.3 Å². The summed E-state index contributed by atoms with van der Waals surface area (Å²) >= 11 is 5.83. The Kier molecular flexibility index (Phi) is 4.73. The van der Waals surface area contributed by atoms with Crippen molar-refractivity contribution >= 4 is 29.4 Å². The summed E-state index contributed by atoms with van der Waals surface area (Å²) in [6, 6.07) is 13.1. The van der Waals surface area contributed by atoms with Gasteiger partial charge >= 0.3 is 0 Å². The number of hydrogen-bond acceptors (Lipinski definition) is 7. The first-order chi connectivity index (χ1) is 14.1. The molecule has 0 atom stereocenters. The third-order valence-electron chi connectivity index (χ3n) is 4.01. The average Bonchev–Trinajstić information content (AvgIpc) is 3.46. The highest BCUT2D eigenvalue weighted by Gasteiger charge is 2.26. The fourth-order valence-corrected chi connectivity index (χ4v) is 2.92. The molecule has 0 amide bonds. The topological polar surface area (TPSA) is 119 Å². The lowest BCUT2D eigenvalue weighted by Crippen LogP contribution is -1.91. The van der Waals surface area contributed by atoms with Gasteiger partial charge in [-0.3, -0.25) is 10.1 Å². The van der Waals surface area contributed by atoms with Gasteiger partial charge in [-0.15, -0.1) is 0 Å². The maximum Gasteiger partial charge on any atom is 0.288 e. The lowest BCUT2D eigenvalue weighted by Gasteiger charge is -1.96. The maximum absolute atomic E-state index is 11.1. The molecule has 0 aliphatic heterocycles. The average molecular weight is 408 g/mol. The first kappa shape index (κ1) is 18.3. The molecule has 3 aromatic heterocycles. The molecule has 3 heterocycles. The van der Waals surface area contributed by atoms with Crippen LogP contribution in [0, 0.1) is 21.4 Å². The Morgan fingerprint density at radius 1 is 1.14 bits per heavy atom. The van der Waals surface area contributed by atoms with Gasteiger partial charge in [-0.05, 0) is 35.9 Å². The van der Waals surface area contributed by atoms with Crippen LogP contribution in [0.5, 0.6) is 0 Å². The van der Waals surface area contributed by atoms with Crippen LogP contribution in [0.25, 0.3) is 22.8 Å². The number of aliphatic imine (C=N–C) groups is 1. The van der Waals surface area contributed by atoms with Crippen LogP contribution >= 0.6 is 11.6 Å². The fraction of sp³-hybridized carbons (Fsp3) is 0. The van der Waals surface area contributed by atoms with Gasteiger partial charge in [0.25, 0.3) is 5.69 Å². The Hall–Kier alpha value is -4.09. The summed E-state index contributed by atoms with van der Waals surface area (Å²) in [5.41, 5.74) is 0.719. The largest absolute Gasteiger partial charge is 0.464 e. The Morgan fingerprint density at radius 3 is 2.48 bits per heavy atom. The van der Waals surface area contributed by atoms with Crippen LogP contribution in [0.15, 0.2) is 73.2 Å². The zero-order valence-electron chi connectivity index (χ0n) is 14.5. The Labute approximate surface area is 168 Å². The summed E-state index contributed by atoms with van der Waals surface area (Å²) in [7, 11) is 0. The van der Waals surface area contributed by atoms with Crippen molar-refractivity contribution in [1.29, 1.82) is 5.26 Å². The van der Waals surface area contributed by atoms with Crippen molar-refractivity contribution in [3.63, 3.8) is 0 Å². The second-order valence-electron chi connectivity index (χ2n) is 5.78. The van der Waals surface area contributed by atoms with Gasteiger partial charge in [-0.2, -0.15) is 5.26 Å². The van der Waals surface area contributed by atoms with Gasteiger partial charge in [0.15, 0.2) is 11.5 Å². The molecule has 4 rings (SSSR count). The molecule has 29 heavy (non-hydrogen) atoms. The van der Waals surface area contributed by atoms with Gasteiger partial charge in [-0.25, -0.2) is 4.99 Å². The first-order valence-corrected chi connectivity index (χ1v) is 8.59. The lowest BCUT2D eigenvalue weighted by molar-refractivity contribution is -0.384. The number of furan rings is 3. The zero-order valence-corrected chi connectivity index (χ0v) is 15.3. The van der Waals surface area contributed by atoms with E-state index in [9.17, 15) is 15.4 Å². The van der Waals surface area contributed by atoms with Crippen LogP contribution in [0.4, 0.5) is 11.6 Å². The standard InChI is InChI=1S/C20H10ClN3O5/c21-14-6-5-12(9-15(14)24(25)26)11-23-20-13(10-22)18(16-3-1-7-27-16)19(29-20)17-4-2-8-28-17/h1-9,11H. The Morgan fingerprint density at radius 2 is 1.86 bits per heavy atom.